The first kappa shape index (κ1) is 13.2. The smallest absolute Gasteiger partial charge is 0.159 e. The van der Waals surface area contributed by atoms with E-state index in [0.717, 1.165) is 28.6 Å². The van der Waals surface area contributed by atoms with Gasteiger partial charge in [-0.25, -0.2) is 8.78 Å². The number of hydrogen-bond donors (Lipinski definition) is 1. The van der Waals surface area contributed by atoms with E-state index in [-0.39, 0.29) is 0 Å². The Morgan fingerprint density at radius 2 is 1.94 bits per heavy atom. The lowest BCUT2D eigenvalue weighted by Gasteiger charge is -2.05. The van der Waals surface area contributed by atoms with E-state index in [1.54, 1.807) is 6.07 Å². The van der Waals surface area contributed by atoms with Crippen LogP contribution in [0.4, 0.5) is 8.78 Å². The molecule has 96 valence electrons. The molecule has 0 aliphatic carbocycles. The molecule has 18 heavy (non-hydrogen) atoms. The van der Waals surface area contributed by atoms with Gasteiger partial charge in [-0.1, -0.05) is 19.9 Å². The van der Waals surface area contributed by atoms with Crippen LogP contribution in [-0.4, -0.2) is 6.04 Å². The standard InChI is InChI=1S/C14H15F2NS/c1-9(2)17-7-10-5-14(18-8-10)11-3-4-12(15)13(16)6-11/h3-6,8-9,17H,7H2,1-2H3. The first-order chi connectivity index (χ1) is 8.56. The Hall–Kier alpha value is -1.26. The van der Waals surface area contributed by atoms with Crippen LogP contribution in [0.2, 0.25) is 0 Å². The van der Waals surface area contributed by atoms with Crippen molar-refractivity contribution in [1.82, 2.24) is 5.32 Å². The summed E-state index contributed by atoms with van der Waals surface area (Å²) in [5.74, 6) is -1.61. The summed E-state index contributed by atoms with van der Waals surface area (Å²) in [6, 6.07) is 6.44. The minimum absolute atomic E-state index is 0.427. The third-order valence-electron chi connectivity index (χ3n) is 2.57. The zero-order chi connectivity index (χ0) is 13.1. The van der Waals surface area contributed by atoms with Gasteiger partial charge in [-0.3, -0.25) is 0 Å². The lowest BCUT2D eigenvalue weighted by Crippen LogP contribution is -2.21. The Morgan fingerprint density at radius 1 is 1.17 bits per heavy atom. The van der Waals surface area contributed by atoms with Crippen LogP contribution in [0, 0.1) is 11.6 Å². The Labute approximate surface area is 109 Å². The molecule has 1 aromatic heterocycles. The average Bonchev–Trinajstić information content (AvgIpc) is 2.79. The van der Waals surface area contributed by atoms with Gasteiger partial charge in [0.15, 0.2) is 11.6 Å². The SMILES string of the molecule is CC(C)NCc1csc(-c2ccc(F)c(F)c2)c1. The fraction of sp³-hybridized carbons (Fsp3) is 0.286. The number of hydrogen-bond acceptors (Lipinski definition) is 2. The van der Waals surface area contributed by atoms with Gasteiger partial charge in [0, 0.05) is 17.5 Å². The molecule has 4 heteroatoms. The molecular weight excluding hydrogens is 252 g/mol. The van der Waals surface area contributed by atoms with Crippen LogP contribution in [0.5, 0.6) is 0 Å². The summed E-state index contributed by atoms with van der Waals surface area (Å²) in [5.41, 5.74) is 1.88. The highest BCUT2D eigenvalue weighted by atomic mass is 32.1. The summed E-state index contributed by atoms with van der Waals surface area (Å²) >= 11 is 1.54. The minimum atomic E-state index is -0.808. The highest BCUT2D eigenvalue weighted by Crippen LogP contribution is 2.28. The molecule has 0 amide bonds. The Balaban J connectivity index is 2.16. The maximum Gasteiger partial charge on any atom is 0.159 e. The Kier molecular flexibility index (Phi) is 4.09. The molecule has 0 unspecified atom stereocenters. The summed E-state index contributed by atoms with van der Waals surface area (Å²) in [7, 11) is 0. The molecule has 0 saturated carbocycles. The Morgan fingerprint density at radius 3 is 2.61 bits per heavy atom. The molecule has 1 aromatic carbocycles. The third-order valence-corrected chi connectivity index (χ3v) is 3.60. The molecule has 2 rings (SSSR count). The van der Waals surface area contributed by atoms with E-state index in [1.165, 1.54) is 17.4 Å². The summed E-state index contributed by atoms with van der Waals surface area (Å²) in [6.45, 7) is 4.96. The molecule has 0 bridgehead atoms. The van der Waals surface area contributed by atoms with Gasteiger partial charge in [-0.2, -0.15) is 0 Å². The Bertz CT molecular complexity index is 534. The van der Waals surface area contributed by atoms with Gasteiger partial charge >= 0.3 is 0 Å². The van der Waals surface area contributed by atoms with E-state index in [1.807, 2.05) is 11.4 Å². The first-order valence-corrected chi connectivity index (χ1v) is 6.70. The molecule has 0 atom stereocenters. The van der Waals surface area contributed by atoms with Crippen LogP contribution >= 0.6 is 11.3 Å². The molecular formula is C14H15F2NS. The average molecular weight is 267 g/mol. The molecule has 0 fully saturated rings. The predicted octanol–water partition coefficient (Wildman–Crippen LogP) is 4.19. The van der Waals surface area contributed by atoms with Crippen molar-refractivity contribution in [3.63, 3.8) is 0 Å². The summed E-state index contributed by atoms with van der Waals surface area (Å²) in [5, 5.41) is 5.35. The van der Waals surface area contributed by atoms with Gasteiger partial charge in [0.2, 0.25) is 0 Å². The molecule has 0 saturated heterocycles. The molecule has 0 aliphatic heterocycles. The van der Waals surface area contributed by atoms with Crippen LogP contribution in [-0.2, 0) is 6.54 Å². The molecule has 1 N–H and O–H groups in total. The predicted molar refractivity (Wildman–Crippen MR) is 71.6 cm³/mol. The zero-order valence-corrected chi connectivity index (χ0v) is 11.2. The van der Waals surface area contributed by atoms with Crippen molar-refractivity contribution in [2.75, 3.05) is 0 Å². The normalized spacial score (nSPS) is 11.2. The largest absolute Gasteiger partial charge is 0.310 e. The quantitative estimate of drug-likeness (QED) is 0.875. The van der Waals surface area contributed by atoms with Gasteiger partial charge in [-0.05, 0) is 34.7 Å². The highest BCUT2D eigenvalue weighted by Gasteiger charge is 2.07. The maximum atomic E-state index is 13.1. The van der Waals surface area contributed by atoms with Crippen LogP contribution in [0.25, 0.3) is 10.4 Å². The van der Waals surface area contributed by atoms with E-state index in [2.05, 4.69) is 19.2 Å². The van der Waals surface area contributed by atoms with Crippen molar-refractivity contribution in [1.29, 1.82) is 0 Å². The second kappa shape index (κ2) is 5.59. The molecule has 0 radical (unpaired) electrons. The molecule has 1 heterocycles. The van der Waals surface area contributed by atoms with Crippen molar-refractivity contribution in [3.8, 4) is 10.4 Å². The second-order valence-corrected chi connectivity index (χ2v) is 5.39. The maximum absolute atomic E-state index is 13.1. The number of rotatable bonds is 4. The highest BCUT2D eigenvalue weighted by molar-refractivity contribution is 7.13. The van der Waals surface area contributed by atoms with Crippen LogP contribution in [0.3, 0.4) is 0 Å². The molecule has 1 nitrogen and oxygen atoms in total. The molecule has 0 aliphatic rings. The first-order valence-electron chi connectivity index (χ1n) is 5.82. The van der Waals surface area contributed by atoms with Crippen LogP contribution < -0.4 is 5.32 Å². The zero-order valence-electron chi connectivity index (χ0n) is 10.3. The lowest BCUT2D eigenvalue weighted by molar-refractivity contribution is 0.509. The lowest BCUT2D eigenvalue weighted by atomic mass is 10.1. The van der Waals surface area contributed by atoms with Gasteiger partial charge < -0.3 is 5.32 Å². The molecule has 0 spiro atoms. The minimum Gasteiger partial charge on any atom is -0.310 e. The summed E-state index contributed by atoms with van der Waals surface area (Å²) < 4.78 is 26.0. The molecule has 2 aromatic rings. The van der Waals surface area contributed by atoms with Crippen molar-refractivity contribution >= 4 is 11.3 Å². The fourth-order valence-electron chi connectivity index (χ4n) is 1.59. The van der Waals surface area contributed by atoms with E-state index in [0.29, 0.717) is 6.04 Å². The van der Waals surface area contributed by atoms with E-state index in [9.17, 15) is 8.78 Å². The number of benzene rings is 1. The van der Waals surface area contributed by atoms with Crippen LogP contribution in [0.1, 0.15) is 19.4 Å². The van der Waals surface area contributed by atoms with Crippen LogP contribution in [0.15, 0.2) is 29.6 Å². The third kappa shape index (κ3) is 3.15. The number of thiophene rings is 1. The fourth-order valence-corrected chi connectivity index (χ4v) is 2.50. The van der Waals surface area contributed by atoms with Gasteiger partial charge in [0.1, 0.15) is 0 Å². The van der Waals surface area contributed by atoms with Crippen molar-refractivity contribution in [3.05, 3.63) is 46.8 Å². The van der Waals surface area contributed by atoms with E-state index in [4.69, 9.17) is 0 Å². The topological polar surface area (TPSA) is 12.0 Å². The monoisotopic (exact) mass is 267 g/mol. The van der Waals surface area contributed by atoms with Crippen molar-refractivity contribution in [2.45, 2.75) is 26.4 Å². The number of halogens is 2. The number of nitrogens with one attached hydrogen (secondary N) is 1. The summed E-state index contributed by atoms with van der Waals surface area (Å²) in [4.78, 5) is 0.953. The van der Waals surface area contributed by atoms with Crippen molar-refractivity contribution < 1.29 is 8.78 Å². The van der Waals surface area contributed by atoms with Crippen molar-refractivity contribution in [2.24, 2.45) is 0 Å². The van der Waals surface area contributed by atoms with Gasteiger partial charge in [-0.15, -0.1) is 11.3 Å². The second-order valence-electron chi connectivity index (χ2n) is 4.48. The van der Waals surface area contributed by atoms with E-state index < -0.39 is 11.6 Å². The van der Waals surface area contributed by atoms with E-state index >= 15 is 0 Å². The van der Waals surface area contributed by atoms with Gasteiger partial charge in [0.05, 0.1) is 0 Å². The summed E-state index contributed by atoms with van der Waals surface area (Å²) in [6.07, 6.45) is 0. The van der Waals surface area contributed by atoms with Gasteiger partial charge in [0.25, 0.3) is 0 Å².